The second-order valence-corrected chi connectivity index (χ2v) is 3.33. The van der Waals surface area contributed by atoms with E-state index in [1.807, 2.05) is 0 Å². The van der Waals surface area contributed by atoms with Crippen molar-refractivity contribution in [3.63, 3.8) is 0 Å². The zero-order valence-corrected chi connectivity index (χ0v) is 10.4. The standard InChI is InChI=1S/C8H10N4O5S/c1-3-16-8(14)11-7-10-6(12-18-7)17-9-4-5(13)15-2/h4H,3H2,1-2H3,(H,10,11,12,14). The quantitative estimate of drug-likeness (QED) is 0.476. The van der Waals surface area contributed by atoms with E-state index >= 15 is 0 Å². The van der Waals surface area contributed by atoms with Gasteiger partial charge < -0.3 is 14.3 Å². The van der Waals surface area contributed by atoms with Crippen LogP contribution in [0.5, 0.6) is 6.01 Å². The minimum Gasteiger partial charge on any atom is -0.465 e. The smallest absolute Gasteiger partial charge is 0.413 e. The molecule has 1 N–H and O–H groups in total. The summed E-state index contributed by atoms with van der Waals surface area (Å²) in [6.07, 6.45) is 0.178. The lowest BCUT2D eigenvalue weighted by Crippen LogP contribution is -2.12. The third-order valence-corrected chi connectivity index (χ3v) is 2.00. The van der Waals surface area contributed by atoms with E-state index in [1.165, 1.54) is 7.11 Å². The number of anilines is 1. The number of ether oxygens (including phenoxy) is 2. The molecule has 98 valence electrons. The molecule has 0 aromatic carbocycles. The van der Waals surface area contributed by atoms with Crippen LogP contribution in [0.25, 0.3) is 0 Å². The maximum atomic E-state index is 11.0. The van der Waals surface area contributed by atoms with Gasteiger partial charge in [0.15, 0.2) is 6.21 Å². The van der Waals surface area contributed by atoms with Gasteiger partial charge in [0, 0.05) is 11.5 Å². The summed E-state index contributed by atoms with van der Waals surface area (Å²) in [6.45, 7) is 1.92. The number of amides is 1. The lowest BCUT2D eigenvalue weighted by atomic mass is 10.8. The van der Waals surface area contributed by atoms with Crippen LogP contribution < -0.4 is 10.2 Å². The zero-order chi connectivity index (χ0) is 13.4. The van der Waals surface area contributed by atoms with Crippen molar-refractivity contribution in [2.45, 2.75) is 6.92 Å². The molecule has 1 aromatic rings. The van der Waals surface area contributed by atoms with Crippen LogP contribution in [0.4, 0.5) is 9.93 Å². The van der Waals surface area contributed by atoms with Gasteiger partial charge in [0.2, 0.25) is 5.13 Å². The topological polar surface area (TPSA) is 112 Å². The van der Waals surface area contributed by atoms with Gasteiger partial charge in [0.05, 0.1) is 13.7 Å². The Kier molecular flexibility index (Phi) is 5.51. The molecule has 0 atom stereocenters. The first-order valence-electron chi connectivity index (χ1n) is 4.71. The van der Waals surface area contributed by atoms with Crippen LogP contribution in [0.1, 0.15) is 6.92 Å². The first kappa shape index (κ1) is 13.8. The number of oxime groups is 1. The fourth-order valence-electron chi connectivity index (χ4n) is 0.722. The van der Waals surface area contributed by atoms with E-state index in [1.54, 1.807) is 6.92 Å². The van der Waals surface area contributed by atoms with Gasteiger partial charge in [-0.2, -0.15) is 4.98 Å². The molecular weight excluding hydrogens is 264 g/mol. The summed E-state index contributed by atoms with van der Waals surface area (Å²) in [5.74, 6) is -0.671. The molecule has 10 heteroatoms. The Morgan fingerprint density at radius 1 is 1.56 bits per heavy atom. The van der Waals surface area contributed by atoms with E-state index in [4.69, 9.17) is 0 Å². The Hall–Kier alpha value is -2.23. The van der Waals surface area contributed by atoms with Gasteiger partial charge in [-0.15, -0.1) is 4.37 Å². The predicted octanol–water partition coefficient (Wildman–Crippen LogP) is 0.644. The third-order valence-electron chi connectivity index (χ3n) is 1.39. The Morgan fingerprint density at radius 2 is 2.33 bits per heavy atom. The van der Waals surface area contributed by atoms with E-state index in [0.29, 0.717) is 0 Å². The summed E-state index contributed by atoms with van der Waals surface area (Å²) in [7, 11) is 1.21. The number of carbonyl (C=O) groups is 2. The van der Waals surface area contributed by atoms with E-state index in [9.17, 15) is 9.59 Å². The third kappa shape index (κ3) is 4.74. The van der Waals surface area contributed by atoms with Crippen LogP contribution in [-0.2, 0) is 14.3 Å². The van der Waals surface area contributed by atoms with Crippen molar-refractivity contribution in [2.75, 3.05) is 19.0 Å². The van der Waals surface area contributed by atoms with Gasteiger partial charge in [-0.1, -0.05) is 5.16 Å². The molecule has 0 unspecified atom stereocenters. The van der Waals surface area contributed by atoms with Crippen LogP contribution in [0.3, 0.4) is 0 Å². The van der Waals surface area contributed by atoms with Gasteiger partial charge in [-0.05, 0) is 6.92 Å². The number of carbonyl (C=O) groups excluding carboxylic acids is 2. The Morgan fingerprint density at radius 3 is 3.00 bits per heavy atom. The first-order valence-corrected chi connectivity index (χ1v) is 5.49. The highest BCUT2D eigenvalue weighted by atomic mass is 32.1. The Labute approximate surface area is 106 Å². The number of hydrogen-bond donors (Lipinski definition) is 1. The summed E-state index contributed by atoms with van der Waals surface area (Å²) >= 11 is 0.880. The van der Waals surface area contributed by atoms with Crippen molar-refractivity contribution in [1.82, 2.24) is 9.36 Å². The summed E-state index contributed by atoms with van der Waals surface area (Å²) in [6, 6.07) is -0.105. The summed E-state index contributed by atoms with van der Waals surface area (Å²) in [5.41, 5.74) is 0. The molecule has 18 heavy (non-hydrogen) atoms. The van der Waals surface area contributed by atoms with Crippen molar-refractivity contribution >= 4 is 34.9 Å². The molecule has 0 spiro atoms. The molecule has 0 aliphatic rings. The second-order valence-electron chi connectivity index (χ2n) is 2.58. The summed E-state index contributed by atoms with van der Waals surface area (Å²) < 4.78 is 12.7. The molecule has 1 amide bonds. The molecule has 1 rings (SSSR count). The highest BCUT2D eigenvalue weighted by molar-refractivity contribution is 7.10. The Balaban J connectivity index is 2.46. The molecule has 0 saturated carbocycles. The average molecular weight is 274 g/mol. The zero-order valence-electron chi connectivity index (χ0n) is 9.58. The van der Waals surface area contributed by atoms with Gasteiger partial charge in [0.25, 0.3) is 0 Å². The van der Waals surface area contributed by atoms with Crippen LogP contribution in [0.15, 0.2) is 5.16 Å². The van der Waals surface area contributed by atoms with Gasteiger partial charge >= 0.3 is 18.1 Å². The van der Waals surface area contributed by atoms with Gasteiger partial charge in [-0.3, -0.25) is 5.32 Å². The van der Waals surface area contributed by atoms with Crippen LogP contribution >= 0.6 is 11.5 Å². The van der Waals surface area contributed by atoms with E-state index in [-0.39, 0.29) is 17.7 Å². The number of nitrogens with zero attached hydrogens (tertiary/aromatic N) is 3. The van der Waals surface area contributed by atoms with E-state index < -0.39 is 12.1 Å². The lowest BCUT2D eigenvalue weighted by Gasteiger charge is -1.99. The largest absolute Gasteiger partial charge is 0.465 e. The number of rotatable bonds is 5. The minimum atomic E-state index is -0.671. The number of nitrogens with one attached hydrogen (secondary N) is 1. The number of methoxy groups -OCH3 is 1. The number of hydrogen-bond acceptors (Lipinski definition) is 9. The summed E-state index contributed by atoms with van der Waals surface area (Å²) in [5, 5.41) is 5.80. The molecule has 0 fully saturated rings. The molecule has 0 aliphatic heterocycles. The average Bonchev–Trinajstić information content (AvgIpc) is 2.76. The highest BCUT2D eigenvalue weighted by Crippen LogP contribution is 2.16. The molecule has 9 nitrogen and oxygen atoms in total. The van der Waals surface area contributed by atoms with Crippen LogP contribution in [0, 0.1) is 0 Å². The van der Waals surface area contributed by atoms with Crippen molar-refractivity contribution in [3.05, 3.63) is 0 Å². The molecule has 0 bridgehead atoms. The minimum absolute atomic E-state index is 0.105. The molecule has 1 aromatic heterocycles. The van der Waals surface area contributed by atoms with Crippen molar-refractivity contribution in [3.8, 4) is 6.01 Å². The second kappa shape index (κ2) is 7.17. The fraction of sp³-hybridized carbons (Fsp3) is 0.375. The predicted molar refractivity (Wildman–Crippen MR) is 61.7 cm³/mol. The molecule has 0 saturated heterocycles. The van der Waals surface area contributed by atoms with E-state index in [2.05, 4.69) is 34.1 Å². The number of esters is 1. The SMILES string of the molecule is CCOC(=O)Nc1nc(ON=CC(=O)OC)ns1. The molecule has 0 radical (unpaired) electrons. The fourth-order valence-corrected chi connectivity index (χ4v) is 1.21. The van der Waals surface area contributed by atoms with E-state index in [0.717, 1.165) is 17.7 Å². The highest BCUT2D eigenvalue weighted by Gasteiger charge is 2.09. The molecular formula is C8H10N4O5S. The summed E-state index contributed by atoms with van der Waals surface area (Å²) in [4.78, 5) is 30.1. The normalized spacial score (nSPS) is 10.1. The van der Waals surface area contributed by atoms with Crippen LogP contribution in [-0.4, -0.2) is 41.4 Å². The Bertz CT molecular complexity index is 446. The molecule has 1 heterocycles. The van der Waals surface area contributed by atoms with Gasteiger partial charge in [0.1, 0.15) is 0 Å². The van der Waals surface area contributed by atoms with Crippen molar-refractivity contribution in [2.24, 2.45) is 5.16 Å². The molecule has 0 aliphatic carbocycles. The lowest BCUT2D eigenvalue weighted by molar-refractivity contribution is -0.132. The van der Waals surface area contributed by atoms with Crippen molar-refractivity contribution in [1.29, 1.82) is 0 Å². The monoisotopic (exact) mass is 274 g/mol. The van der Waals surface area contributed by atoms with Crippen LogP contribution in [0.2, 0.25) is 0 Å². The first-order chi connectivity index (χ1) is 8.65. The maximum absolute atomic E-state index is 11.0. The number of aromatic nitrogens is 2. The van der Waals surface area contributed by atoms with Crippen molar-refractivity contribution < 1.29 is 23.9 Å². The maximum Gasteiger partial charge on any atom is 0.413 e. The van der Waals surface area contributed by atoms with Gasteiger partial charge in [-0.25, -0.2) is 9.59 Å².